The van der Waals surface area contributed by atoms with E-state index in [1.54, 1.807) is 24.3 Å². The summed E-state index contributed by atoms with van der Waals surface area (Å²) < 4.78 is 33.1. The first-order valence-electron chi connectivity index (χ1n) is 8.77. The maximum atomic E-state index is 13.1. The fourth-order valence-corrected chi connectivity index (χ4v) is 5.33. The van der Waals surface area contributed by atoms with Crippen LogP contribution in [0.15, 0.2) is 47.4 Å². The van der Waals surface area contributed by atoms with E-state index in [4.69, 9.17) is 4.74 Å². The van der Waals surface area contributed by atoms with Crippen molar-refractivity contribution in [1.82, 2.24) is 4.31 Å². The zero-order chi connectivity index (χ0) is 19.3. The van der Waals surface area contributed by atoms with Gasteiger partial charge in [0.05, 0.1) is 17.1 Å². The highest BCUT2D eigenvalue weighted by atomic mass is 32.2. The fourth-order valence-electron chi connectivity index (χ4n) is 3.72. The van der Waals surface area contributed by atoms with Crippen molar-refractivity contribution < 1.29 is 22.7 Å². The Morgan fingerprint density at radius 1 is 0.852 bits per heavy atom. The maximum absolute atomic E-state index is 13.1. The molecular weight excluding hydrogens is 366 g/mol. The molecule has 1 saturated heterocycles. The normalized spacial score (nSPS) is 23.0. The van der Waals surface area contributed by atoms with Gasteiger partial charge in [-0.05, 0) is 32.0 Å². The quantitative estimate of drug-likeness (QED) is 0.676. The number of ether oxygens (including phenoxy) is 1. The van der Waals surface area contributed by atoms with E-state index in [1.807, 2.05) is 13.8 Å². The molecule has 0 unspecified atom stereocenters. The van der Waals surface area contributed by atoms with Crippen LogP contribution in [-0.4, -0.2) is 49.6 Å². The lowest BCUT2D eigenvalue weighted by Crippen LogP contribution is -2.48. The van der Waals surface area contributed by atoms with Gasteiger partial charge in [-0.2, -0.15) is 4.31 Å². The number of hydrogen-bond acceptors (Lipinski definition) is 5. The minimum Gasteiger partial charge on any atom is -0.373 e. The number of carbonyl (C=O) groups excluding carboxylic acids is 2. The van der Waals surface area contributed by atoms with Crippen LogP contribution in [0.5, 0.6) is 0 Å². The van der Waals surface area contributed by atoms with Gasteiger partial charge in [-0.15, -0.1) is 0 Å². The largest absolute Gasteiger partial charge is 0.373 e. The van der Waals surface area contributed by atoms with E-state index in [-0.39, 0.29) is 52.9 Å². The van der Waals surface area contributed by atoms with E-state index in [0.717, 1.165) is 0 Å². The first-order valence-corrected chi connectivity index (χ1v) is 10.2. The van der Waals surface area contributed by atoms with Gasteiger partial charge in [-0.3, -0.25) is 9.59 Å². The summed E-state index contributed by atoms with van der Waals surface area (Å²) >= 11 is 0. The molecule has 2 atom stereocenters. The summed E-state index contributed by atoms with van der Waals surface area (Å²) in [5.41, 5.74) is 1.02. The summed E-state index contributed by atoms with van der Waals surface area (Å²) in [5.74, 6) is -0.598. The van der Waals surface area contributed by atoms with Crippen LogP contribution in [0.1, 0.15) is 45.7 Å². The summed E-state index contributed by atoms with van der Waals surface area (Å²) in [4.78, 5) is 25.5. The molecule has 1 aliphatic heterocycles. The molecule has 7 heteroatoms. The first kappa shape index (κ1) is 18.0. The van der Waals surface area contributed by atoms with Crippen LogP contribution in [0.4, 0.5) is 0 Å². The monoisotopic (exact) mass is 385 g/mol. The second-order valence-corrected chi connectivity index (χ2v) is 8.93. The molecule has 0 bridgehead atoms. The predicted molar refractivity (Wildman–Crippen MR) is 98.5 cm³/mol. The number of rotatable bonds is 2. The van der Waals surface area contributed by atoms with E-state index in [9.17, 15) is 18.0 Å². The van der Waals surface area contributed by atoms with Crippen LogP contribution in [0.25, 0.3) is 0 Å². The smallest absolute Gasteiger partial charge is 0.243 e. The van der Waals surface area contributed by atoms with E-state index in [2.05, 4.69) is 0 Å². The highest BCUT2D eigenvalue weighted by Crippen LogP contribution is 2.30. The lowest BCUT2D eigenvalue weighted by Gasteiger charge is -2.34. The van der Waals surface area contributed by atoms with Crippen molar-refractivity contribution in [2.24, 2.45) is 0 Å². The molecule has 2 aliphatic rings. The van der Waals surface area contributed by atoms with E-state index in [1.165, 1.54) is 22.5 Å². The van der Waals surface area contributed by atoms with Crippen molar-refractivity contribution in [3.05, 3.63) is 64.7 Å². The Bertz CT molecular complexity index is 1050. The Morgan fingerprint density at radius 3 is 1.96 bits per heavy atom. The van der Waals surface area contributed by atoms with Gasteiger partial charge in [0.15, 0.2) is 11.6 Å². The summed E-state index contributed by atoms with van der Waals surface area (Å²) in [6, 6.07) is 10.8. The van der Waals surface area contributed by atoms with Crippen LogP contribution in [-0.2, 0) is 14.8 Å². The van der Waals surface area contributed by atoms with Gasteiger partial charge in [-0.1, -0.05) is 24.3 Å². The number of sulfonamides is 1. The van der Waals surface area contributed by atoms with Gasteiger partial charge in [0.2, 0.25) is 10.0 Å². The molecule has 0 spiro atoms. The number of benzene rings is 2. The molecule has 0 saturated carbocycles. The lowest BCUT2D eigenvalue weighted by atomic mass is 9.84. The minimum absolute atomic E-state index is 0.0167. The van der Waals surface area contributed by atoms with Gasteiger partial charge in [0, 0.05) is 35.3 Å². The number of fused-ring (bicyclic) bond motifs is 2. The fraction of sp³-hybridized carbons (Fsp3) is 0.300. The van der Waals surface area contributed by atoms with Crippen LogP contribution in [0, 0.1) is 0 Å². The third kappa shape index (κ3) is 2.92. The SMILES string of the molecule is C[C@@H]1CN(S(=O)(=O)c2ccc3c(c2)C(=O)c2ccccc2C3=O)C[C@@H](C)O1. The topological polar surface area (TPSA) is 80.8 Å². The van der Waals surface area contributed by atoms with E-state index in [0.29, 0.717) is 11.1 Å². The molecule has 140 valence electrons. The third-order valence-electron chi connectivity index (χ3n) is 4.92. The molecule has 0 aromatic heterocycles. The Labute approximate surface area is 157 Å². The second-order valence-electron chi connectivity index (χ2n) is 6.99. The van der Waals surface area contributed by atoms with Crippen molar-refractivity contribution in [2.45, 2.75) is 31.0 Å². The molecular formula is C20H19NO5S. The molecule has 1 heterocycles. The van der Waals surface area contributed by atoms with E-state index >= 15 is 0 Å². The van der Waals surface area contributed by atoms with Gasteiger partial charge >= 0.3 is 0 Å². The Hall–Kier alpha value is -2.35. The van der Waals surface area contributed by atoms with Crippen LogP contribution in [0.3, 0.4) is 0 Å². The summed E-state index contributed by atoms with van der Waals surface area (Å²) in [7, 11) is -3.79. The highest BCUT2D eigenvalue weighted by Gasteiger charge is 2.35. The van der Waals surface area contributed by atoms with E-state index < -0.39 is 10.0 Å². The molecule has 1 aliphatic carbocycles. The number of ketones is 2. The zero-order valence-electron chi connectivity index (χ0n) is 15.0. The molecule has 0 N–H and O–H groups in total. The molecule has 0 radical (unpaired) electrons. The second kappa shape index (κ2) is 6.37. The summed E-state index contributed by atoms with van der Waals surface area (Å²) in [6.45, 7) is 4.15. The predicted octanol–water partition coefficient (Wildman–Crippen LogP) is 2.26. The minimum atomic E-state index is -3.79. The number of carbonyl (C=O) groups is 2. The maximum Gasteiger partial charge on any atom is 0.243 e. The van der Waals surface area contributed by atoms with Crippen LogP contribution < -0.4 is 0 Å². The average molecular weight is 385 g/mol. The third-order valence-corrected chi connectivity index (χ3v) is 6.75. The molecule has 6 nitrogen and oxygen atoms in total. The number of nitrogens with zero attached hydrogens (tertiary/aromatic N) is 1. The van der Waals surface area contributed by atoms with Crippen molar-refractivity contribution >= 4 is 21.6 Å². The summed E-state index contributed by atoms with van der Waals surface area (Å²) in [6.07, 6.45) is -0.424. The molecule has 27 heavy (non-hydrogen) atoms. The van der Waals surface area contributed by atoms with Crippen molar-refractivity contribution in [3.63, 3.8) is 0 Å². The zero-order valence-corrected chi connectivity index (χ0v) is 15.8. The Balaban J connectivity index is 1.77. The van der Waals surface area contributed by atoms with Gasteiger partial charge in [0.1, 0.15) is 0 Å². The van der Waals surface area contributed by atoms with Crippen molar-refractivity contribution in [3.8, 4) is 0 Å². The molecule has 1 fully saturated rings. The van der Waals surface area contributed by atoms with Gasteiger partial charge < -0.3 is 4.74 Å². The van der Waals surface area contributed by atoms with Crippen LogP contribution >= 0.6 is 0 Å². The Morgan fingerprint density at radius 2 is 1.37 bits per heavy atom. The lowest BCUT2D eigenvalue weighted by molar-refractivity contribution is -0.0440. The summed E-state index contributed by atoms with van der Waals surface area (Å²) in [5, 5.41) is 0. The number of hydrogen-bond donors (Lipinski definition) is 0. The highest BCUT2D eigenvalue weighted by molar-refractivity contribution is 7.89. The van der Waals surface area contributed by atoms with Crippen molar-refractivity contribution in [1.29, 1.82) is 0 Å². The van der Waals surface area contributed by atoms with Crippen molar-refractivity contribution in [2.75, 3.05) is 13.1 Å². The molecule has 0 amide bonds. The molecule has 4 rings (SSSR count). The molecule has 2 aromatic rings. The average Bonchev–Trinajstić information content (AvgIpc) is 2.65. The number of morpholine rings is 1. The Kier molecular flexibility index (Phi) is 4.25. The first-order chi connectivity index (χ1) is 12.8. The van der Waals surface area contributed by atoms with Crippen LogP contribution in [0.2, 0.25) is 0 Å². The standard InChI is InChI=1S/C20H19NO5S/c1-12-10-21(11-13(2)26-12)27(24,25)14-7-8-17-18(9-14)20(23)16-6-4-3-5-15(16)19(17)22/h3-9,12-13H,10-11H2,1-2H3/t12-,13-/m1/s1. The van der Waals surface area contributed by atoms with Gasteiger partial charge in [0.25, 0.3) is 0 Å². The molecule has 2 aromatic carbocycles. The van der Waals surface area contributed by atoms with Gasteiger partial charge in [-0.25, -0.2) is 8.42 Å².